The monoisotopic (exact) mass is 259 g/mol. The standard InChI is InChI=1S/C12H9N3O2S/c16-11(17)10-9(14-12(18)15-10)7-5-13-8-4-2-1-3-6(7)8/h1-5,13H,(H,16,17)(H2,14,15,18). The van der Waals surface area contributed by atoms with Crippen molar-refractivity contribution in [2.24, 2.45) is 0 Å². The number of carboxylic acids is 1. The summed E-state index contributed by atoms with van der Waals surface area (Å²) in [4.78, 5) is 19.8. The summed E-state index contributed by atoms with van der Waals surface area (Å²) in [7, 11) is 0. The third-order valence-electron chi connectivity index (χ3n) is 2.80. The van der Waals surface area contributed by atoms with Crippen molar-refractivity contribution >= 4 is 29.1 Å². The Morgan fingerprint density at radius 1 is 1.22 bits per heavy atom. The van der Waals surface area contributed by atoms with Gasteiger partial charge >= 0.3 is 5.97 Å². The van der Waals surface area contributed by atoms with Gasteiger partial charge in [0, 0.05) is 22.7 Å². The molecule has 1 aromatic carbocycles. The van der Waals surface area contributed by atoms with Crippen molar-refractivity contribution in [2.45, 2.75) is 0 Å². The van der Waals surface area contributed by atoms with Gasteiger partial charge in [0.1, 0.15) is 0 Å². The number of aromatic carboxylic acids is 1. The van der Waals surface area contributed by atoms with Crippen LogP contribution in [0.15, 0.2) is 30.5 Å². The zero-order valence-electron chi connectivity index (χ0n) is 9.15. The second-order valence-electron chi connectivity index (χ2n) is 3.88. The average Bonchev–Trinajstić information content (AvgIpc) is 2.92. The maximum Gasteiger partial charge on any atom is 0.354 e. The number of hydrogen-bond acceptors (Lipinski definition) is 2. The van der Waals surface area contributed by atoms with E-state index < -0.39 is 5.97 Å². The molecule has 3 aromatic rings. The molecular weight excluding hydrogens is 250 g/mol. The molecule has 4 N–H and O–H groups in total. The van der Waals surface area contributed by atoms with Crippen LogP contribution in [0, 0.1) is 4.77 Å². The Labute approximate surface area is 106 Å². The number of aromatic amines is 3. The van der Waals surface area contributed by atoms with Crippen LogP contribution in [0.3, 0.4) is 0 Å². The van der Waals surface area contributed by atoms with Crippen LogP contribution in [0.2, 0.25) is 0 Å². The third kappa shape index (κ3) is 1.54. The summed E-state index contributed by atoms with van der Waals surface area (Å²) in [6, 6.07) is 7.68. The van der Waals surface area contributed by atoms with Crippen LogP contribution in [-0.2, 0) is 0 Å². The molecule has 2 aromatic heterocycles. The summed E-state index contributed by atoms with van der Waals surface area (Å²) < 4.78 is 0.299. The molecule has 0 aliphatic rings. The summed E-state index contributed by atoms with van der Waals surface area (Å²) in [6.07, 6.45) is 1.77. The van der Waals surface area contributed by atoms with E-state index in [4.69, 9.17) is 17.3 Å². The number of nitrogens with one attached hydrogen (secondary N) is 3. The van der Waals surface area contributed by atoms with Gasteiger partial charge in [-0.2, -0.15) is 0 Å². The smallest absolute Gasteiger partial charge is 0.354 e. The van der Waals surface area contributed by atoms with Crippen LogP contribution in [-0.4, -0.2) is 26.0 Å². The molecule has 5 nitrogen and oxygen atoms in total. The molecule has 0 unspecified atom stereocenters. The summed E-state index contributed by atoms with van der Waals surface area (Å²) in [5.74, 6) is -1.04. The van der Waals surface area contributed by atoms with Crippen LogP contribution < -0.4 is 0 Å². The van der Waals surface area contributed by atoms with E-state index in [9.17, 15) is 4.79 Å². The molecule has 0 aliphatic heterocycles. The Kier molecular flexibility index (Phi) is 2.31. The number of benzene rings is 1. The van der Waals surface area contributed by atoms with Gasteiger partial charge < -0.3 is 20.1 Å². The normalized spacial score (nSPS) is 10.9. The molecule has 18 heavy (non-hydrogen) atoms. The molecule has 6 heteroatoms. The highest BCUT2D eigenvalue weighted by Gasteiger charge is 2.17. The van der Waals surface area contributed by atoms with Crippen molar-refractivity contribution in [3.63, 3.8) is 0 Å². The number of rotatable bonds is 2. The highest BCUT2D eigenvalue weighted by molar-refractivity contribution is 7.71. The van der Waals surface area contributed by atoms with Crippen molar-refractivity contribution in [1.29, 1.82) is 0 Å². The number of para-hydroxylation sites is 1. The highest BCUT2D eigenvalue weighted by Crippen LogP contribution is 2.29. The highest BCUT2D eigenvalue weighted by atomic mass is 32.1. The second-order valence-corrected chi connectivity index (χ2v) is 4.29. The lowest BCUT2D eigenvalue weighted by molar-refractivity contribution is 0.0692. The zero-order chi connectivity index (χ0) is 12.7. The molecule has 0 aliphatic carbocycles. The first-order valence-corrected chi connectivity index (χ1v) is 5.69. The van der Waals surface area contributed by atoms with Crippen LogP contribution in [0.5, 0.6) is 0 Å². The van der Waals surface area contributed by atoms with Crippen molar-refractivity contribution in [3.05, 3.63) is 40.9 Å². The van der Waals surface area contributed by atoms with Crippen molar-refractivity contribution < 1.29 is 9.90 Å². The summed E-state index contributed by atoms with van der Waals surface area (Å²) in [5.41, 5.74) is 2.30. The van der Waals surface area contributed by atoms with Gasteiger partial charge in [0.25, 0.3) is 0 Å². The SMILES string of the molecule is O=C(O)c1[nH]c(=S)[nH]c1-c1c[nH]c2ccccc12. The minimum atomic E-state index is -1.04. The maximum atomic E-state index is 11.2. The fraction of sp³-hybridized carbons (Fsp3) is 0. The van der Waals surface area contributed by atoms with Crippen molar-refractivity contribution in [1.82, 2.24) is 15.0 Å². The van der Waals surface area contributed by atoms with Crippen molar-refractivity contribution in [2.75, 3.05) is 0 Å². The molecule has 0 fully saturated rings. The Morgan fingerprint density at radius 3 is 2.78 bits per heavy atom. The minimum absolute atomic E-state index is 0.0738. The Bertz CT molecular complexity index is 797. The van der Waals surface area contributed by atoms with E-state index in [-0.39, 0.29) is 5.69 Å². The molecule has 2 heterocycles. The molecule has 0 radical (unpaired) electrons. The van der Waals surface area contributed by atoms with Gasteiger partial charge in [0.2, 0.25) is 0 Å². The molecule has 3 rings (SSSR count). The number of aromatic nitrogens is 3. The molecule has 0 bridgehead atoms. The van der Waals surface area contributed by atoms with Crippen LogP contribution in [0.4, 0.5) is 0 Å². The number of carboxylic acid groups (broad SMARTS) is 1. The maximum absolute atomic E-state index is 11.2. The fourth-order valence-electron chi connectivity index (χ4n) is 2.02. The van der Waals surface area contributed by atoms with E-state index in [1.54, 1.807) is 6.20 Å². The molecule has 0 saturated carbocycles. The topological polar surface area (TPSA) is 84.7 Å². The molecule has 0 atom stereocenters. The predicted octanol–water partition coefficient (Wildman–Crippen LogP) is 2.92. The van der Waals surface area contributed by atoms with Gasteiger partial charge in [-0.1, -0.05) is 18.2 Å². The molecular formula is C12H9N3O2S. The first-order chi connectivity index (χ1) is 8.66. The van der Waals surface area contributed by atoms with Gasteiger partial charge in [-0.3, -0.25) is 0 Å². The number of hydrogen-bond donors (Lipinski definition) is 4. The number of H-pyrrole nitrogens is 3. The molecule has 0 spiro atoms. The zero-order valence-corrected chi connectivity index (χ0v) is 9.97. The van der Waals surface area contributed by atoms with Gasteiger partial charge in [-0.05, 0) is 18.3 Å². The van der Waals surface area contributed by atoms with E-state index in [0.29, 0.717) is 10.5 Å². The van der Waals surface area contributed by atoms with Gasteiger partial charge in [0.15, 0.2) is 10.5 Å². The predicted molar refractivity (Wildman–Crippen MR) is 70.2 cm³/mol. The van der Waals surface area contributed by atoms with Crippen LogP contribution >= 0.6 is 12.2 Å². The third-order valence-corrected chi connectivity index (χ3v) is 3.00. The summed E-state index contributed by atoms with van der Waals surface area (Å²) in [5, 5.41) is 10.1. The quantitative estimate of drug-likeness (QED) is 0.534. The van der Waals surface area contributed by atoms with Gasteiger partial charge in [-0.25, -0.2) is 4.79 Å². The lowest BCUT2D eigenvalue weighted by atomic mass is 10.1. The number of fused-ring (bicyclic) bond motifs is 1. The average molecular weight is 259 g/mol. The van der Waals surface area contributed by atoms with Gasteiger partial charge in [0.05, 0.1) is 5.69 Å². The van der Waals surface area contributed by atoms with Crippen LogP contribution in [0.1, 0.15) is 10.5 Å². The number of carbonyl (C=O) groups is 1. The largest absolute Gasteiger partial charge is 0.477 e. The van der Waals surface area contributed by atoms with Crippen molar-refractivity contribution in [3.8, 4) is 11.3 Å². The molecule has 0 amide bonds. The Hall–Kier alpha value is -2.34. The van der Waals surface area contributed by atoms with E-state index in [1.807, 2.05) is 24.3 Å². The Balaban J connectivity index is 2.33. The van der Waals surface area contributed by atoms with Gasteiger partial charge in [-0.15, -0.1) is 0 Å². The first kappa shape index (κ1) is 10.8. The van der Waals surface area contributed by atoms with Crippen LogP contribution in [0.25, 0.3) is 22.2 Å². The van der Waals surface area contributed by atoms with E-state index in [2.05, 4.69) is 15.0 Å². The molecule has 90 valence electrons. The Morgan fingerprint density at radius 2 is 2.00 bits per heavy atom. The van der Waals surface area contributed by atoms with E-state index >= 15 is 0 Å². The fourth-order valence-corrected chi connectivity index (χ4v) is 2.23. The summed E-state index contributed by atoms with van der Waals surface area (Å²) in [6.45, 7) is 0. The molecule has 0 saturated heterocycles. The number of imidazole rings is 1. The minimum Gasteiger partial charge on any atom is -0.477 e. The van der Waals surface area contributed by atoms with E-state index in [0.717, 1.165) is 16.5 Å². The first-order valence-electron chi connectivity index (χ1n) is 5.29. The lowest BCUT2D eigenvalue weighted by Gasteiger charge is -1.97. The second kappa shape index (κ2) is 3.85. The summed E-state index contributed by atoms with van der Waals surface area (Å²) >= 11 is 4.95. The van der Waals surface area contributed by atoms with E-state index in [1.165, 1.54) is 0 Å². The lowest BCUT2D eigenvalue weighted by Crippen LogP contribution is -1.98.